The van der Waals surface area contributed by atoms with E-state index in [0.717, 1.165) is 12.2 Å². The summed E-state index contributed by atoms with van der Waals surface area (Å²) >= 11 is 7.44. The van der Waals surface area contributed by atoms with E-state index < -0.39 is 4.92 Å². The van der Waals surface area contributed by atoms with Gasteiger partial charge in [0.05, 0.1) is 4.92 Å². The number of nitrogens with one attached hydrogen (secondary N) is 1. The van der Waals surface area contributed by atoms with E-state index in [9.17, 15) is 14.9 Å². The number of hydrogen-bond acceptors (Lipinski definition) is 4. The highest BCUT2D eigenvalue weighted by molar-refractivity contribution is 7.98. The molecule has 1 aromatic rings. The van der Waals surface area contributed by atoms with Crippen LogP contribution in [0.5, 0.6) is 0 Å². The highest BCUT2D eigenvalue weighted by Crippen LogP contribution is 2.24. The van der Waals surface area contributed by atoms with Gasteiger partial charge in [0.2, 0.25) is 0 Å². The van der Waals surface area contributed by atoms with Crippen LogP contribution in [0.4, 0.5) is 5.69 Å². The zero-order valence-corrected chi connectivity index (χ0v) is 11.4. The standard InChI is InChI=1S/C11H13ClN2O3S/c1-18-6-2-5-13-11(15)8-3-4-10(14(16)17)9(12)7-8/h3-4,7H,2,5-6H2,1H3,(H,13,15). The van der Waals surface area contributed by atoms with Crippen LogP contribution in [0.3, 0.4) is 0 Å². The third-order valence-electron chi connectivity index (χ3n) is 2.22. The van der Waals surface area contributed by atoms with E-state index in [1.165, 1.54) is 18.2 Å². The average Bonchev–Trinajstić information content (AvgIpc) is 2.33. The first-order chi connectivity index (χ1) is 8.56. The molecule has 0 atom stereocenters. The van der Waals surface area contributed by atoms with Gasteiger partial charge in [0.25, 0.3) is 11.6 Å². The second-order valence-corrected chi connectivity index (χ2v) is 4.92. The molecule has 0 saturated carbocycles. The zero-order chi connectivity index (χ0) is 13.5. The fraction of sp³-hybridized carbons (Fsp3) is 0.364. The van der Waals surface area contributed by atoms with Gasteiger partial charge in [0, 0.05) is 18.2 Å². The van der Waals surface area contributed by atoms with Gasteiger partial charge in [-0.3, -0.25) is 14.9 Å². The van der Waals surface area contributed by atoms with Crippen molar-refractivity contribution < 1.29 is 9.72 Å². The molecular formula is C11H13ClN2O3S. The van der Waals surface area contributed by atoms with Crippen molar-refractivity contribution in [2.24, 2.45) is 0 Å². The average molecular weight is 289 g/mol. The van der Waals surface area contributed by atoms with Crippen LogP contribution in [-0.2, 0) is 0 Å². The molecule has 1 aromatic carbocycles. The Labute approximate surface area is 114 Å². The summed E-state index contributed by atoms with van der Waals surface area (Å²) in [5.41, 5.74) is 0.130. The predicted octanol–water partition coefficient (Wildman–Crippen LogP) is 2.73. The summed E-state index contributed by atoms with van der Waals surface area (Å²) in [5.74, 6) is 0.703. The van der Waals surface area contributed by atoms with Gasteiger partial charge in [-0.15, -0.1) is 0 Å². The predicted molar refractivity (Wildman–Crippen MR) is 73.4 cm³/mol. The van der Waals surface area contributed by atoms with E-state index >= 15 is 0 Å². The zero-order valence-electron chi connectivity index (χ0n) is 9.81. The minimum absolute atomic E-state index is 0.0308. The number of benzene rings is 1. The number of carbonyl (C=O) groups is 1. The summed E-state index contributed by atoms with van der Waals surface area (Å²) in [7, 11) is 0. The highest BCUT2D eigenvalue weighted by atomic mass is 35.5. The van der Waals surface area contributed by atoms with Gasteiger partial charge < -0.3 is 5.32 Å². The van der Waals surface area contributed by atoms with E-state index in [2.05, 4.69) is 5.32 Å². The van der Waals surface area contributed by atoms with Crippen molar-refractivity contribution in [2.45, 2.75) is 6.42 Å². The summed E-state index contributed by atoms with van der Waals surface area (Å²) in [5, 5.41) is 13.3. The molecule has 18 heavy (non-hydrogen) atoms. The SMILES string of the molecule is CSCCCNC(=O)c1ccc([N+](=O)[O-])c(Cl)c1. The van der Waals surface area contributed by atoms with E-state index in [0.29, 0.717) is 12.1 Å². The molecule has 0 aliphatic carbocycles. The number of thioether (sulfide) groups is 1. The largest absolute Gasteiger partial charge is 0.352 e. The molecule has 0 unspecified atom stereocenters. The maximum atomic E-state index is 11.7. The van der Waals surface area contributed by atoms with Crippen molar-refractivity contribution in [3.05, 3.63) is 38.9 Å². The molecule has 7 heteroatoms. The smallest absolute Gasteiger partial charge is 0.287 e. The van der Waals surface area contributed by atoms with Crippen molar-refractivity contribution in [1.82, 2.24) is 5.32 Å². The molecule has 5 nitrogen and oxygen atoms in total. The van der Waals surface area contributed by atoms with Crippen molar-refractivity contribution in [3.63, 3.8) is 0 Å². The van der Waals surface area contributed by atoms with Crippen LogP contribution in [0, 0.1) is 10.1 Å². The van der Waals surface area contributed by atoms with Gasteiger partial charge in [-0.2, -0.15) is 11.8 Å². The quantitative estimate of drug-likeness (QED) is 0.496. The summed E-state index contributed by atoms with van der Waals surface area (Å²) in [6.07, 6.45) is 2.88. The molecule has 98 valence electrons. The van der Waals surface area contributed by atoms with Gasteiger partial charge in [-0.05, 0) is 30.6 Å². The van der Waals surface area contributed by atoms with Crippen molar-refractivity contribution >= 4 is 35.0 Å². The Morgan fingerprint density at radius 2 is 2.28 bits per heavy atom. The number of nitro groups is 1. The number of amides is 1. The topological polar surface area (TPSA) is 72.2 Å². The van der Waals surface area contributed by atoms with E-state index in [1.807, 2.05) is 6.26 Å². The summed E-state index contributed by atoms with van der Waals surface area (Å²) < 4.78 is 0. The van der Waals surface area contributed by atoms with E-state index in [1.54, 1.807) is 11.8 Å². The monoisotopic (exact) mass is 288 g/mol. The molecule has 0 heterocycles. The lowest BCUT2D eigenvalue weighted by Crippen LogP contribution is -2.24. The van der Waals surface area contributed by atoms with Crippen LogP contribution in [0.2, 0.25) is 5.02 Å². The molecule has 1 rings (SSSR count). The fourth-order valence-electron chi connectivity index (χ4n) is 1.32. The molecule has 0 bridgehead atoms. The number of carbonyl (C=O) groups excluding carboxylic acids is 1. The Bertz CT molecular complexity index is 454. The third-order valence-corrected chi connectivity index (χ3v) is 3.22. The summed E-state index contributed by atoms with van der Waals surface area (Å²) in [6.45, 7) is 0.578. The Balaban J connectivity index is 2.64. The summed E-state index contributed by atoms with van der Waals surface area (Å²) in [6, 6.07) is 3.94. The molecule has 0 aliphatic rings. The maximum absolute atomic E-state index is 11.7. The lowest BCUT2D eigenvalue weighted by molar-refractivity contribution is -0.384. The molecule has 0 saturated heterocycles. The van der Waals surface area contributed by atoms with Crippen LogP contribution in [0.15, 0.2) is 18.2 Å². The lowest BCUT2D eigenvalue weighted by atomic mass is 10.2. The molecular weight excluding hydrogens is 276 g/mol. The first kappa shape index (κ1) is 14.8. The van der Waals surface area contributed by atoms with Gasteiger partial charge in [-0.1, -0.05) is 11.6 Å². The van der Waals surface area contributed by atoms with Gasteiger partial charge in [-0.25, -0.2) is 0 Å². The van der Waals surface area contributed by atoms with Crippen LogP contribution < -0.4 is 5.32 Å². The highest BCUT2D eigenvalue weighted by Gasteiger charge is 2.14. The van der Waals surface area contributed by atoms with Crippen LogP contribution in [-0.4, -0.2) is 29.4 Å². The Morgan fingerprint density at radius 1 is 1.56 bits per heavy atom. The number of nitrogens with zero attached hydrogens (tertiary/aromatic N) is 1. The first-order valence-corrected chi connectivity index (χ1v) is 7.04. The molecule has 1 amide bonds. The number of hydrogen-bond donors (Lipinski definition) is 1. The second-order valence-electron chi connectivity index (χ2n) is 3.53. The van der Waals surface area contributed by atoms with Crippen molar-refractivity contribution in [2.75, 3.05) is 18.6 Å². The minimum atomic E-state index is -0.581. The van der Waals surface area contributed by atoms with Crippen LogP contribution in [0.1, 0.15) is 16.8 Å². The number of halogens is 1. The molecule has 0 radical (unpaired) electrons. The van der Waals surface area contributed by atoms with Crippen LogP contribution >= 0.6 is 23.4 Å². The van der Waals surface area contributed by atoms with Crippen molar-refractivity contribution in [3.8, 4) is 0 Å². The van der Waals surface area contributed by atoms with E-state index in [-0.39, 0.29) is 16.6 Å². The first-order valence-electron chi connectivity index (χ1n) is 5.27. The molecule has 1 N–H and O–H groups in total. The molecule has 0 aliphatic heterocycles. The molecule has 0 aromatic heterocycles. The number of rotatable bonds is 6. The summed E-state index contributed by atoms with van der Waals surface area (Å²) in [4.78, 5) is 21.7. The normalized spacial score (nSPS) is 10.1. The van der Waals surface area contributed by atoms with Crippen LogP contribution in [0.25, 0.3) is 0 Å². The maximum Gasteiger partial charge on any atom is 0.287 e. The Morgan fingerprint density at radius 3 is 2.83 bits per heavy atom. The lowest BCUT2D eigenvalue weighted by Gasteiger charge is -2.05. The Kier molecular flexibility index (Phi) is 5.94. The third kappa shape index (κ3) is 4.19. The minimum Gasteiger partial charge on any atom is -0.352 e. The molecule has 0 spiro atoms. The van der Waals surface area contributed by atoms with E-state index in [4.69, 9.17) is 11.6 Å². The van der Waals surface area contributed by atoms with Gasteiger partial charge in [0.1, 0.15) is 5.02 Å². The van der Waals surface area contributed by atoms with Crippen molar-refractivity contribution in [1.29, 1.82) is 0 Å². The van der Waals surface area contributed by atoms with Gasteiger partial charge >= 0.3 is 0 Å². The Hall–Kier alpha value is -1.27. The fourth-order valence-corrected chi connectivity index (χ4v) is 2.00. The van der Waals surface area contributed by atoms with Gasteiger partial charge in [0.15, 0.2) is 0 Å². The number of nitro benzene ring substituents is 1. The second kappa shape index (κ2) is 7.23. The molecule has 0 fully saturated rings.